The van der Waals surface area contributed by atoms with Gasteiger partial charge in [-0.15, -0.1) is 0 Å². The molecule has 3 aromatic rings. The van der Waals surface area contributed by atoms with Crippen LogP contribution in [-0.4, -0.2) is 60.6 Å². The zero-order valence-electron chi connectivity index (χ0n) is 14.3. The van der Waals surface area contributed by atoms with Gasteiger partial charge in [0.2, 0.25) is 5.91 Å². The molecule has 0 radical (unpaired) electrons. The van der Waals surface area contributed by atoms with Gasteiger partial charge in [0, 0.05) is 38.3 Å². The summed E-state index contributed by atoms with van der Waals surface area (Å²) >= 11 is 0. The second kappa shape index (κ2) is 7.12. The SMILES string of the molecule is O=C(Cn1ncn2cccc2c1=O)N1CCCO[C@@H](Cn2cccn2)C1. The molecule has 0 aliphatic carbocycles. The summed E-state index contributed by atoms with van der Waals surface area (Å²) in [5.74, 6) is -0.133. The fourth-order valence-electron chi connectivity index (χ4n) is 3.17. The first-order valence-corrected chi connectivity index (χ1v) is 8.60. The number of aromatic nitrogens is 5. The van der Waals surface area contributed by atoms with Crippen LogP contribution in [-0.2, 0) is 22.6 Å². The molecule has 0 aromatic carbocycles. The minimum absolute atomic E-state index is 0.0744. The Morgan fingerprint density at radius 1 is 1.27 bits per heavy atom. The van der Waals surface area contributed by atoms with Crippen molar-refractivity contribution in [3.8, 4) is 0 Å². The van der Waals surface area contributed by atoms with Gasteiger partial charge in [-0.25, -0.2) is 4.68 Å². The first-order valence-electron chi connectivity index (χ1n) is 8.60. The molecule has 1 amide bonds. The van der Waals surface area contributed by atoms with Gasteiger partial charge in [0.1, 0.15) is 18.4 Å². The Hall–Kier alpha value is -2.94. The van der Waals surface area contributed by atoms with E-state index >= 15 is 0 Å². The smallest absolute Gasteiger partial charge is 0.291 e. The lowest BCUT2D eigenvalue weighted by atomic mass is 10.3. The average molecular weight is 356 g/mol. The zero-order valence-corrected chi connectivity index (χ0v) is 14.3. The molecule has 1 aliphatic heterocycles. The molecule has 0 saturated carbocycles. The van der Waals surface area contributed by atoms with Crippen LogP contribution in [0.25, 0.3) is 5.52 Å². The van der Waals surface area contributed by atoms with Crippen LogP contribution in [0.5, 0.6) is 0 Å². The normalized spacial score (nSPS) is 18.2. The minimum Gasteiger partial charge on any atom is -0.374 e. The predicted molar refractivity (Wildman–Crippen MR) is 92.6 cm³/mol. The first kappa shape index (κ1) is 16.5. The van der Waals surface area contributed by atoms with E-state index in [4.69, 9.17) is 4.74 Å². The Kier molecular flexibility index (Phi) is 4.53. The van der Waals surface area contributed by atoms with E-state index in [-0.39, 0.29) is 24.1 Å². The Morgan fingerprint density at radius 2 is 2.19 bits per heavy atom. The summed E-state index contributed by atoms with van der Waals surface area (Å²) in [6.45, 7) is 2.20. The number of fused-ring (bicyclic) bond motifs is 1. The molecule has 0 spiro atoms. The van der Waals surface area contributed by atoms with Crippen molar-refractivity contribution in [2.45, 2.75) is 25.6 Å². The first-order chi connectivity index (χ1) is 12.7. The van der Waals surface area contributed by atoms with Crippen molar-refractivity contribution in [3.63, 3.8) is 0 Å². The van der Waals surface area contributed by atoms with Gasteiger partial charge in [0.15, 0.2) is 0 Å². The Bertz CT molecular complexity index is 945. The fraction of sp³-hybridized carbons (Fsp3) is 0.412. The molecule has 0 unspecified atom stereocenters. The van der Waals surface area contributed by atoms with E-state index in [0.29, 0.717) is 31.8 Å². The molecular formula is C17H20N6O3. The summed E-state index contributed by atoms with van der Waals surface area (Å²) in [5.41, 5.74) is 0.230. The number of carbonyl (C=O) groups is 1. The van der Waals surface area contributed by atoms with Crippen molar-refractivity contribution in [1.29, 1.82) is 0 Å². The van der Waals surface area contributed by atoms with Crippen LogP contribution in [0.3, 0.4) is 0 Å². The molecule has 1 aliphatic rings. The number of carbonyl (C=O) groups excluding carboxylic acids is 1. The monoisotopic (exact) mass is 356 g/mol. The highest BCUT2D eigenvalue weighted by Gasteiger charge is 2.23. The van der Waals surface area contributed by atoms with Gasteiger partial charge in [-0.05, 0) is 24.6 Å². The molecule has 4 rings (SSSR count). The molecule has 1 fully saturated rings. The zero-order chi connectivity index (χ0) is 17.9. The number of rotatable bonds is 4. The van der Waals surface area contributed by atoms with Crippen LogP contribution in [0.1, 0.15) is 6.42 Å². The highest BCUT2D eigenvalue weighted by molar-refractivity contribution is 5.76. The second-order valence-electron chi connectivity index (χ2n) is 6.31. The van der Waals surface area contributed by atoms with E-state index in [2.05, 4.69) is 10.2 Å². The lowest BCUT2D eigenvalue weighted by Crippen LogP contribution is -2.42. The molecular weight excluding hydrogens is 336 g/mol. The van der Waals surface area contributed by atoms with E-state index in [1.807, 2.05) is 12.3 Å². The van der Waals surface area contributed by atoms with Crippen LogP contribution in [0.4, 0.5) is 0 Å². The van der Waals surface area contributed by atoms with E-state index in [0.717, 1.165) is 6.42 Å². The Labute approximate surface area is 149 Å². The van der Waals surface area contributed by atoms with E-state index in [1.54, 1.807) is 38.5 Å². The van der Waals surface area contributed by atoms with Crippen LogP contribution in [0.2, 0.25) is 0 Å². The van der Waals surface area contributed by atoms with Gasteiger partial charge < -0.3 is 14.0 Å². The minimum atomic E-state index is -0.273. The molecule has 26 heavy (non-hydrogen) atoms. The van der Waals surface area contributed by atoms with Gasteiger partial charge in [-0.3, -0.25) is 14.3 Å². The third-order valence-corrected chi connectivity index (χ3v) is 4.49. The largest absolute Gasteiger partial charge is 0.374 e. The van der Waals surface area contributed by atoms with Crippen LogP contribution < -0.4 is 5.56 Å². The lowest BCUT2D eigenvalue weighted by Gasteiger charge is -2.24. The summed E-state index contributed by atoms with van der Waals surface area (Å²) in [7, 11) is 0. The van der Waals surface area contributed by atoms with Gasteiger partial charge >= 0.3 is 0 Å². The van der Waals surface area contributed by atoms with E-state index in [9.17, 15) is 9.59 Å². The average Bonchev–Trinajstić information content (AvgIpc) is 3.26. The number of amides is 1. The summed E-state index contributed by atoms with van der Waals surface area (Å²) in [6, 6.07) is 5.34. The molecule has 9 nitrogen and oxygen atoms in total. The maximum Gasteiger partial charge on any atom is 0.291 e. The molecule has 3 aromatic heterocycles. The number of nitrogens with zero attached hydrogens (tertiary/aromatic N) is 6. The van der Waals surface area contributed by atoms with Crippen LogP contribution >= 0.6 is 0 Å². The number of ether oxygens (including phenoxy) is 1. The molecule has 4 heterocycles. The number of hydrogen-bond acceptors (Lipinski definition) is 5. The van der Waals surface area contributed by atoms with Crippen molar-refractivity contribution >= 4 is 11.4 Å². The van der Waals surface area contributed by atoms with Crippen LogP contribution in [0.15, 0.2) is 47.9 Å². The molecule has 1 atom stereocenters. The van der Waals surface area contributed by atoms with Crippen molar-refractivity contribution in [2.24, 2.45) is 0 Å². The highest BCUT2D eigenvalue weighted by Crippen LogP contribution is 2.09. The Balaban J connectivity index is 1.47. The lowest BCUT2D eigenvalue weighted by molar-refractivity contribution is -0.133. The number of hydrogen-bond donors (Lipinski definition) is 0. The maximum atomic E-state index is 12.7. The summed E-state index contributed by atoms with van der Waals surface area (Å²) in [6.07, 6.45) is 7.52. The third-order valence-electron chi connectivity index (χ3n) is 4.49. The van der Waals surface area contributed by atoms with Crippen molar-refractivity contribution in [2.75, 3.05) is 19.7 Å². The van der Waals surface area contributed by atoms with Crippen molar-refractivity contribution < 1.29 is 9.53 Å². The van der Waals surface area contributed by atoms with Gasteiger partial charge in [0.25, 0.3) is 5.56 Å². The summed E-state index contributed by atoms with van der Waals surface area (Å²) < 4.78 is 10.5. The summed E-state index contributed by atoms with van der Waals surface area (Å²) in [5, 5.41) is 8.28. The summed E-state index contributed by atoms with van der Waals surface area (Å²) in [4.78, 5) is 26.9. The topological polar surface area (TPSA) is 86.7 Å². The van der Waals surface area contributed by atoms with Gasteiger partial charge in [0.05, 0.1) is 12.6 Å². The van der Waals surface area contributed by atoms with E-state index in [1.165, 1.54) is 11.0 Å². The van der Waals surface area contributed by atoms with Crippen molar-refractivity contribution in [1.82, 2.24) is 28.9 Å². The standard InChI is InChI=1S/C17H20N6O3/c24-16(12-23-17(25)15-4-1-6-21(15)13-19-23)20-7-3-9-26-14(10-20)11-22-8-2-5-18-22/h1-2,4-6,8,13-14H,3,7,9-12H2/t14-/m1/s1. The second-order valence-corrected chi connectivity index (χ2v) is 6.31. The molecule has 136 valence electrons. The van der Waals surface area contributed by atoms with Gasteiger partial charge in [-0.2, -0.15) is 10.2 Å². The maximum absolute atomic E-state index is 12.7. The predicted octanol–water partition coefficient (Wildman–Crippen LogP) is 0.0102. The quantitative estimate of drug-likeness (QED) is 0.657. The molecule has 1 saturated heterocycles. The molecule has 0 N–H and O–H groups in total. The van der Waals surface area contributed by atoms with E-state index < -0.39 is 0 Å². The van der Waals surface area contributed by atoms with Gasteiger partial charge in [-0.1, -0.05) is 0 Å². The molecule has 0 bridgehead atoms. The third kappa shape index (κ3) is 3.38. The Morgan fingerprint density at radius 3 is 3.04 bits per heavy atom. The fourth-order valence-corrected chi connectivity index (χ4v) is 3.17. The van der Waals surface area contributed by atoms with Crippen molar-refractivity contribution in [3.05, 3.63) is 53.5 Å². The highest BCUT2D eigenvalue weighted by atomic mass is 16.5. The van der Waals surface area contributed by atoms with Crippen LogP contribution in [0, 0.1) is 0 Å². The molecule has 9 heteroatoms.